The first-order chi connectivity index (χ1) is 16.7. The number of ketones is 1. The van der Waals surface area contributed by atoms with Crippen molar-refractivity contribution in [3.05, 3.63) is 54.4 Å². The van der Waals surface area contributed by atoms with Crippen LogP contribution in [0.1, 0.15) is 58.4 Å². The molecule has 0 saturated heterocycles. The molecule has 1 saturated carbocycles. The van der Waals surface area contributed by atoms with Gasteiger partial charge in [0, 0.05) is 23.1 Å². The first-order valence-electron chi connectivity index (χ1n) is 12.2. The number of fused-ring (bicyclic) bond motifs is 1. The standard InChI is InChI=1S/C27H33N5O3/c1-27(2,3)23(33)17-31-22-14-8-7-13-21(22)25(19-10-5-4-6-11-19)30-32(26(31)35)18-24(34)29-20-12-9-15-28-16-20/h7-9,12-16,19H,4-6,10-11,17-18H2,1-3H3,(H,29,34). The molecule has 8 nitrogen and oxygen atoms in total. The number of carbonyl (C=O) groups excluding carboxylic acids is 3. The van der Waals surface area contributed by atoms with Crippen molar-refractivity contribution >= 4 is 34.8 Å². The molecule has 184 valence electrons. The number of Topliss-reactive ketones (excluding diaryl/α,β-unsaturated/α-hetero) is 1. The quantitative estimate of drug-likeness (QED) is 0.645. The molecule has 2 aliphatic rings. The van der Waals surface area contributed by atoms with Gasteiger partial charge < -0.3 is 5.32 Å². The zero-order valence-electron chi connectivity index (χ0n) is 20.7. The molecule has 1 aromatic heterocycles. The van der Waals surface area contributed by atoms with Gasteiger partial charge in [0.15, 0.2) is 5.78 Å². The molecule has 0 radical (unpaired) electrons. The molecule has 1 aromatic carbocycles. The Morgan fingerprint density at radius 2 is 1.77 bits per heavy atom. The summed E-state index contributed by atoms with van der Waals surface area (Å²) in [5, 5.41) is 8.78. The van der Waals surface area contributed by atoms with Crippen molar-refractivity contribution in [2.24, 2.45) is 16.4 Å². The van der Waals surface area contributed by atoms with Gasteiger partial charge in [0.05, 0.1) is 29.8 Å². The number of para-hydroxylation sites is 1. The molecule has 35 heavy (non-hydrogen) atoms. The van der Waals surface area contributed by atoms with Crippen molar-refractivity contribution in [3.8, 4) is 0 Å². The monoisotopic (exact) mass is 475 g/mol. The molecule has 1 aliphatic carbocycles. The van der Waals surface area contributed by atoms with Crippen LogP contribution < -0.4 is 10.2 Å². The Bertz CT molecular complexity index is 1120. The highest BCUT2D eigenvalue weighted by Gasteiger charge is 2.36. The average Bonchev–Trinajstić information content (AvgIpc) is 2.95. The summed E-state index contributed by atoms with van der Waals surface area (Å²) < 4.78 is 0. The largest absolute Gasteiger partial charge is 0.345 e. The number of rotatable bonds is 6. The zero-order valence-corrected chi connectivity index (χ0v) is 20.7. The van der Waals surface area contributed by atoms with E-state index in [-0.39, 0.29) is 30.7 Å². The van der Waals surface area contributed by atoms with Crippen LogP contribution in [0.25, 0.3) is 0 Å². The van der Waals surface area contributed by atoms with Gasteiger partial charge >= 0.3 is 6.03 Å². The van der Waals surface area contributed by atoms with E-state index in [1.165, 1.54) is 16.3 Å². The number of hydrogen-bond donors (Lipinski definition) is 1. The van der Waals surface area contributed by atoms with Gasteiger partial charge in [-0.25, -0.2) is 9.80 Å². The van der Waals surface area contributed by atoms with Crippen LogP contribution in [0.4, 0.5) is 16.2 Å². The fourth-order valence-electron chi connectivity index (χ4n) is 4.48. The van der Waals surface area contributed by atoms with E-state index >= 15 is 0 Å². The van der Waals surface area contributed by atoms with Gasteiger partial charge in [0.2, 0.25) is 5.91 Å². The number of aromatic nitrogens is 1. The van der Waals surface area contributed by atoms with Gasteiger partial charge in [-0.3, -0.25) is 19.5 Å². The molecule has 1 aliphatic heterocycles. The third-order valence-corrected chi connectivity index (χ3v) is 6.52. The SMILES string of the molecule is CC(C)(C)C(=O)CN1C(=O)N(CC(=O)Nc2cccnc2)N=C(C2CCCCC2)c2ccccc21. The highest BCUT2D eigenvalue weighted by molar-refractivity contribution is 6.13. The van der Waals surface area contributed by atoms with Crippen molar-refractivity contribution in [3.63, 3.8) is 0 Å². The molecule has 2 heterocycles. The van der Waals surface area contributed by atoms with Crippen molar-refractivity contribution in [2.45, 2.75) is 52.9 Å². The summed E-state index contributed by atoms with van der Waals surface area (Å²) in [7, 11) is 0. The Morgan fingerprint density at radius 1 is 1.03 bits per heavy atom. The molecule has 1 fully saturated rings. The van der Waals surface area contributed by atoms with Gasteiger partial charge in [0.1, 0.15) is 6.54 Å². The van der Waals surface area contributed by atoms with Crippen LogP contribution in [0, 0.1) is 11.3 Å². The van der Waals surface area contributed by atoms with E-state index in [0.29, 0.717) is 11.4 Å². The maximum Gasteiger partial charge on any atom is 0.345 e. The minimum absolute atomic E-state index is 0.0680. The minimum atomic E-state index is -0.614. The summed E-state index contributed by atoms with van der Waals surface area (Å²) in [6.45, 7) is 5.16. The third-order valence-electron chi connectivity index (χ3n) is 6.52. The highest BCUT2D eigenvalue weighted by Crippen LogP contribution is 2.34. The van der Waals surface area contributed by atoms with Gasteiger partial charge in [0.25, 0.3) is 0 Å². The van der Waals surface area contributed by atoms with Gasteiger partial charge in [-0.2, -0.15) is 5.10 Å². The lowest BCUT2D eigenvalue weighted by atomic mass is 9.83. The molecule has 2 aromatic rings. The number of benzene rings is 1. The molecular formula is C27H33N5O3. The number of carbonyl (C=O) groups is 3. The van der Waals surface area contributed by atoms with Crippen molar-refractivity contribution in [1.29, 1.82) is 0 Å². The Balaban J connectivity index is 1.71. The third kappa shape index (κ3) is 5.75. The van der Waals surface area contributed by atoms with Crippen LogP contribution in [-0.2, 0) is 9.59 Å². The van der Waals surface area contributed by atoms with E-state index in [2.05, 4.69) is 10.3 Å². The Morgan fingerprint density at radius 3 is 2.46 bits per heavy atom. The van der Waals surface area contributed by atoms with Crippen LogP contribution in [0.15, 0.2) is 53.9 Å². The number of anilines is 2. The number of amides is 3. The summed E-state index contributed by atoms with van der Waals surface area (Å²) in [5.41, 5.74) is 2.25. The van der Waals surface area contributed by atoms with Crippen LogP contribution in [0.3, 0.4) is 0 Å². The van der Waals surface area contributed by atoms with Crippen molar-refractivity contribution in [2.75, 3.05) is 23.3 Å². The number of nitrogens with one attached hydrogen (secondary N) is 1. The normalized spacial score (nSPS) is 16.9. The second-order valence-corrected chi connectivity index (χ2v) is 10.2. The lowest BCUT2D eigenvalue weighted by molar-refractivity contribution is -0.124. The average molecular weight is 476 g/mol. The summed E-state index contributed by atoms with van der Waals surface area (Å²) >= 11 is 0. The van der Waals surface area contributed by atoms with Crippen LogP contribution >= 0.6 is 0 Å². The van der Waals surface area contributed by atoms with E-state index in [9.17, 15) is 14.4 Å². The Labute approximate surface area is 206 Å². The van der Waals surface area contributed by atoms with Crippen LogP contribution in [-0.4, -0.2) is 46.5 Å². The second-order valence-electron chi connectivity index (χ2n) is 10.2. The second kappa shape index (κ2) is 10.4. The highest BCUT2D eigenvalue weighted by atomic mass is 16.2. The molecule has 0 spiro atoms. The molecular weight excluding hydrogens is 442 g/mol. The van der Waals surface area contributed by atoms with E-state index in [4.69, 9.17) is 5.10 Å². The fraction of sp³-hybridized carbons (Fsp3) is 0.444. The van der Waals surface area contributed by atoms with Gasteiger partial charge in [-0.1, -0.05) is 58.2 Å². The van der Waals surface area contributed by atoms with Gasteiger partial charge in [-0.15, -0.1) is 0 Å². The number of hydrazone groups is 1. The van der Waals surface area contributed by atoms with E-state index in [1.807, 2.05) is 45.0 Å². The predicted molar refractivity (Wildman–Crippen MR) is 136 cm³/mol. The summed E-state index contributed by atoms with van der Waals surface area (Å²) in [4.78, 5) is 45.2. The van der Waals surface area contributed by atoms with Crippen LogP contribution in [0.2, 0.25) is 0 Å². The molecule has 0 bridgehead atoms. The number of nitrogens with zero attached hydrogens (tertiary/aromatic N) is 4. The molecule has 0 unspecified atom stereocenters. The summed E-state index contributed by atoms with van der Waals surface area (Å²) in [6.07, 6.45) is 8.53. The molecule has 8 heteroatoms. The number of pyridine rings is 1. The zero-order chi connectivity index (χ0) is 25.0. The Hall–Kier alpha value is -3.55. The van der Waals surface area contributed by atoms with E-state index in [1.54, 1.807) is 24.5 Å². The predicted octanol–water partition coefficient (Wildman–Crippen LogP) is 4.86. The number of urea groups is 1. The van der Waals surface area contributed by atoms with Crippen LogP contribution in [0.5, 0.6) is 0 Å². The molecule has 3 amide bonds. The maximum atomic E-state index is 13.8. The summed E-state index contributed by atoms with van der Waals surface area (Å²) in [5.74, 6) is -0.257. The first kappa shape index (κ1) is 24.6. The number of hydrogen-bond acceptors (Lipinski definition) is 5. The van der Waals surface area contributed by atoms with E-state index in [0.717, 1.165) is 37.0 Å². The fourth-order valence-corrected chi connectivity index (χ4v) is 4.48. The minimum Gasteiger partial charge on any atom is -0.323 e. The maximum absolute atomic E-state index is 13.8. The van der Waals surface area contributed by atoms with Crippen molar-refractivity contribution in [1.82, 2.24) is 9.99 Å². The topological polar surface area (TPSA) is 95.0 Å². The lowest BCUT2D eigenvalue weighted by Crippen LogP contribution is -2.47. The first-order valence-corrected chi connectivity index (χ1v) is 12.2. The van der Waals surface area contributed by atoms with Gasteiger partial charge in [-0.05, 0) is 31.0 Å². The lowest BCUT2D eigenvalue weighted by Gasteiger charge is -2.28. The Kier molecular flexibility index (Phi) is 7.28. The molecule has 1 N–H and O–H groups in total. The van der Waals surface area contributed by atoms with E-state index < -0.39 is 11.4 Å². The van der Waals surface area contributed by atoms with Crippen molar-refractivity contribution < 1.29 is 14.4 Å². The molecule has 4 rings (SSSR count). The summed E-state index contributed by atoms with van der Waals surface area (Å²) in [6, 6.07) is 10.6. The molecule has 0 atom stereocenters. The smallest absolute Gasteiger partial charge is 0.323 e.